The van der Waals surface area contributed by atoms with E-state index in [-0.39, 0.29) is 0 Å². The summed E-state index contributed by atoms with van der Waals surface area (Å²) in [5, 5.41) is 4.32. The van der Waals surface area contributed by atoms with Gasteiger partial charge in [-0.3, -0.25) is 0 Å². The molecule has 20 heavy (non-hydrogen) atoms. The molecule has 1 N–H and O–H groups in total. The second-order valence-electron chi connectivity index (χ2n) is 5.23. The molecule has 1 aliphatic heterocycles. The fourth-order valence-corrected chi connectivity index (χ4v) is 4.07. The van der Waals surface area contributed by atoms with Crippen LogP contribution in [0.2, 0.25) is 0 Å². The van der Waals surface area contributed by atoms with E-state index in [9.17, 15) is 0 Å². The van der Waals surface area contributed by atoms with Gasteiger partial charge in [0, 0.05) is 27.2 Å². The molecular weight excluding hydrogens is 330 g/mol. The van der Waals surface area contributed by atoms with Crippen LogP contribution in [0.4, 0.5) is 0 Å². The summed E-state index contributed by atoms with van der Waals surface area (Å²) in [5.74, 6) is 0. The molecule has 0 saturated heterocycles. The van der Waals surface area contributed by atoms with E-state index in [0.29, 0.717) is 11.3 Å². The number of halogens is 1. The quantitative estimate of drug-likeness (QED) is 0.850. The Hall–Kier alpha value is -0.770. The SMILES string of the molecule is CC(NCC1Cc2ccccc2S1)c1ccc(Br)cc1. The van der Waals surface area contributed by atoms with E-state index in [1.165, 1.54) is 22.4 Å². The zero-order valence-corrected chi connectivity index (χ0v) is 13.9. The molecule has 2 aromatic rings. The third-order valence-corrected chi connectivity index (χ3v) is 5.58. The zero-order chi connectivity index (χ0) is 13.9. The van der Waals surface area contributed by atoms with Gasteiger partial charge in [0.1, 0.15) is 0 Å². The Morgan fingerprint density at radius 3 is 2.70 bits per heavy atom. The highest BCUT2D eigenvalue weighted by atomic mass is 79.9. The van der Waals surface area contributed by atoms with Crippen LogP contribution in [0.3, 0.4) is 0 Å². The van der Waals surface area contributed by atoms with Crippen LogP contribution in [-0.4, -0.2) is 11.8 Å². The maximum absolute atomic E-state index is 3.66. The van der Waals surface area contributed by atoms with Crippen molar-refractivity contribution in [1.29, 1.82) is 0 Å². The van der Waals surface area contributed by atoms with Crippen molar-refractivity contribution in [3.05, 3.63) is 64.1 Å². The van der Waals surface area contributed by atoms with E-state index in [0.717, 1.165) is 11.0 Å². The maximum atomic E-state index is 3.66. The number of hydrogen-bond donors (Lipinski definition) is 1. The van der Waals surface area contributed by atoms with Crippen molar-refractivity contribution >= 4 is 27.7 Å². The molecule has 2 aromatic carbocycles. The van der Waals surface area contributed by atoms with Gasteiger partial charge in [0.05, 0.1) is 0 Å². The van der Waals surface area contributed by atoms with Crippen molar-refractivity contribution in [3.8, 4) is 0 Å². The Labute approximate surface area is 133 Å². The Morgan fingerprint density at radius 2 is 1.95 bits per heavy atom. The second-order valence-corrected chi connectivity index (χ2v) is 7.49. The van der Waals surface area contributed by atoms with Gasteiger partial charge in [-0.2, -0.15) is 0 Å². The van der Waals surface area contributed by atoms with Crippen LogP contribution in [0.15, 0.2) is 57.9 Å². The fourth-order valence-electron chi connectivity index (χ4n) is 2.55. The molecule has 1 nitrogen and oxygen atoms in total. The Morgan fingerprint density at radius 1 is 1.20 bits per heavy atom. The number of rotatable bonds is 4. The van der Waals surface area contributed by atoms with Crippen LogP contribution in [0.5, 0.6) is 0 Å². The van der Waals surface area contributed by atoms with E-state index in [4.69, 9.17) is 0 Å². The second kappa shape index (κ2) is 6.33. The third-order valence-electron chi connectivity index (χ3n) is 3.74. The predicted octanol–water partition coefficient (Wildman–Crippen LogP) is 4.82. The minimum absolute atomic E-state index is 0.396. The lowest BCUT2D eigenvalue weighted by molar-refractivity contribution is 0.567. The van der Waals surface area contributed by atoms with E-state index in [1.807, 2.05) is 11.8 Å². The molecule has 3 rings (SSSR count). The molecule has 2 atom stereocenters. The average Bonchev–Trinajstić information content (AvgIpc) is 2.88. The van der Waals surface area contributed by atoms with Crippen molar-refractivity contribution in [2.24, 2.45) is 0 Å². The topological polar surface area (TPSA) is 12.0 Å². The van der Waals surface area contributed by atoms with Crippen molar-refractivity contribution in [2.75, 3.05) is 6.54 Å². The van der Waals surface area contributed by atoms with Crippen molar-refractivity contribution < 1.29 is 0 Å². The first-order chi connectivity index (χ1) is 9.72. The first kappa shape index (κ1) is 14.2. The van der Waals surface area contributed by atoms with Gasteiger partial charge in [-0.25, -0.2) is 0 Å². The molecule has 0 saturated carbocycles. The zero-order valence-electron chi connectivity index (χ0n) is 11.5. The standard InChI is InChI=1S/C17H18BrNS/c1-12(13-6-8-15(18)9-7-13)19-11-16-10-14-4-2-3-5-17(14)20-16/h2-9,12,16,19H,10-11H2,1H3. The van der Waals surface area contributed by atoms with Crippen molar-refractivity contribution in [2.45, 2.75) is 29.5 Å². The monoisotopic (exact) mass is 347 g/mol. The van der Waals surface area contributed by atoms with Crippen molar-refractivity contribution in [1.82, 2.24) is 5.32 Å². The Bertz CT molecular complexity index is 557. The van der Waals surface area contributed by atoms with Crippen molar-refractivity contribution in [3.63, 3.8) is 0 Å². The maximum Gasteiger partial charge on any atom is 0.0292 e. The van der Waals surface area contributed by atoms with Crippen LogP contribution in [-0.2, 0) is 6.42 Å². The molecule has 0 amide bonds. The summed E-state index contributed by atoms with van der Waals surface area (Å²) < 4.78 is 1.13. The molecule has 0 bridgehead atoms. The first-order valence-electron chi connectivity index (χ1n) is 6.96. The molecule has 3 heteroatoms. The molecule has 1 heterocycles. The number of fused-ring (bicyclic) bond motifs is 1. The van der Waals surface area contributed by atoms with Crippen LogP contribution < -0.4 is 5.32 Å². The highest BCUT2D eigenvalue weighted by Gasteiger charge is 2.21. The lowest BCUT2D eigenvalue weighted by Crippen LogP contribution is -2.27. The average molecular weight is 348 g/mol. The Kier molecular flexibility index (Phi) is 4.49. The summed E-state index contributed by atoms with van der Waals surface area (Å²) in [4.78, 5) is 1.45. The predicted molar refractivity (Wildman–Crippen MR) is 90.4 cm³/mol. The minimum atomic E-state index is 0.396. The molecule has 0 aromatic heterocycles. The van der Waals surface area contributed by atoms with Crippen LogP contribution >= 0.6 is 27.7 Å². The molecule has 2 unspecified atom stereocenters. The summed E-state index contributed by atoms with van der Waals surface area (Å²) in [5.41, 5.74) is 2.84. The highest BCUT2D eigenvalue weighted by Crippen LogP contribution is 2.36. The summed E-state index contributed by atoms with van der Waals surface area (Å²) in [6.07, 6.45) is 1.18. The molecule has 0 spiro atoms. The molecule has 104 valence electrons. The molecule has 0 aliphatic carbocycles. The number of hydrogen-bond acceptors (Lipinski definition) is 2. The van der Waals surface area contributed by atoms with Gasteiger partial charge in [-0.15, -0.1) is 11.8 Å². The third kappa shape index (κ3) is 3.27. The lowest BCUT2D eigenvalue weighted by Gasteiger charge is -2.17. The van der Waals surface area contributed by atoms with Crippen LogP contribution in [0, 0.1) is 0 Å². The summed E-state index contributed by atoms with van der Waals surface area (Å²) >= 11 is 5.49. The van der Waals surface area contributed by atoms with E-state index in [2.05, 4.69) is 76.7 Å². The lowest BCUT2D eigenvalue weighted by atomic mass is 10.1. The van der Waals surface area contributed by atoms with Gasteiger partial charge < -0.3 is 5.32 Å². The molecule has 0 radical (unpaired) electrons. The number of nitrogens with one attached hydrogen (secondary N) is 1. The Balaban J connectivity index is 1.55. The highest BCUT2D eigenvalue weighted by molar-refractivity contribution is 9.10. The smallest absolute Gasteiger partial charge is 0.0292 e. The van der Waals surface area contributed by atoms with Gasteiger partial charge >= 0.3 is 0 Å². The van der Waals surface area contributed by atoms with E-state index < -0.39 is 0 Å². The van der Waals surface area contributed by atoms with Gasteiger partial charge in [0.25, 0.3) is 0 Å². The summed E-state index contributed by atoms with van der Waals surface area (Å²) in [6.45, 7) is 3.28. The minimum Gasteiger partial charge on any atom is -0.309 e. The van der Waals surface area contributed by atoms with Gasteiger partial charge in [-0.05, 0) is 42.7 Å². The largest absolute Gasteiger partial charge is 0.309 e. The molecule has 1 aliphatic rings. The normalized spacial score (nSPS) is 18.8. The number of thioether (sulfide) groups is 1. The molecule has 0 fully saturated rings. The summed E-state index contributed by atoms with van der Waals surface area (Å²) in [6, 6.07) is 17.7. The van der Waals surface area contributed by atoms with Gasteiger partial charge in [0.2, 0.25) is 0 Å². The number of benzene rings is 2. The first-order valence-corrected chi connectivity index (χ1v) is 8.63. The summed E-state index contributed by atoms with van der Waals surface area (Å²) in [7, 11) is 0. The molecular formula is C17H18BrNS. The van der Waals surface area contributed by atoms with Gasteiger partial charge in [-0.1, -0.05) is 46.3 Å². The fraction of sp³-hybridized carbons (Fsp3) is 0.294. The van der Waals surface area contributed by atoms with E-state index >= 15 is 0 Å². The van der Waals surface area contributed by atoms with E-state index in [1.54, 1.807) is 0 Å². The van der Waals surface area contributed by atoms with Crippen LogP contribution in [0.25, 0.3) is 0 Å². The van der Waals surface area contributed by atoms with Crippen LogP contribution in [0.1, 0.15) is 24.1 Å². The van der Waals surface area contributed by atoms with Gasteiger partial charge in [0.15, 0.2) is 0 Å².